The fraction of sp³-hybridized carbons (Fsp3) is 0.609. The highest BCUT2D eigenvalue weighted by atomic mass is 16.2. The number of amides is 4. The summed E-state index contributed by atoms with van der Waals surface area (Å²) in [6.45, 7) is 14.1. The van der Waals surface area contributed by atoms with E-state index >= 15 is 0 Å². The second-order valence-corrected chi connectivity index (χ2v) is 10.2. The van der Waals surface area contributed by atoms with Crippen LogP contribution in [-0.4, -0.2) is 53.3 Å². The van der Waals surface area contributed by atoms with Crippen LogP contribution >= 0.6 is 0 Å². The van der Waals surface area contributed by atoms with E-state index < -0.39 is 0 Å². The molecule has 0 bridgehead atoms. The Hall–Kier alpha value is -2.37. The number of rotatable bonds is 2. The molecular weight excluding hydrogens is 366 g/mol. The summed E-state index contributed by atoms with van der Waals surface area (Å²) in [4.78, 5) is 40.3. The van der Waals surface area contributed by atoms with Crippen molar-refractivity contribution in [2.75, 3.05) is 19.6 Å². The van der Waals surface area contributed by atoms with Crippen molar-refractivity contribution in [1.29, 1.82) is 0 Å². The molecule has 0 unspecified atom stereocenters. The molecule has 4 amide bonds. The number of benzene rings is 1. The normalized spacial score (nSPS) is 19.0. The first-order valence-electron chi connectivity index (χ1n) is 10.4. The van der Waals surface area contributed by atoms with E-state index in [1.807, 2.05) is 17.0 Å². The SMILES string of the molecule is CC(C)(C)c1cc(C(=O)N2CCC(N3C(=O)CNC3=O)CC2)cc(C(C)(C)C)c1. The van der Waals surface area contributed by atoms with Crippen molar-refractivity contribution in [3.8, 4) is 0 Å². The fourth-order valence-electron chi connectivity index (χ4n) is 3.93. The van der Waals surface area contributed by atoms with E-state index in [0.29, 0.717) is 25.9 Å². The highest BCUT2D eigenvalue weighted by Gasteiger charge is 2.37. The van der Waals surface area contributed by atoms with Gasteiger partial charge in [-0.3, -0.25) is 14.5 Å². The summed E-state index contributed by atoms with van der Waals surface area (Å²) in [5.41, 5.74) is 2.93. The lowest BCUT2D eigenvalue weighted by atomic mass is 9.79. The molecule has 6 nitrogen and oxygen atoms in total. The average molecular weight is 400 g/mol. The standard InChI is InChI=1S/C23H33N3O3/c1-22(2,3)16-11-15(12-17(13-16)23(4,5)6)20(28)25-9-7-18(8-10-25)26-19(27)14-24-21(26)29/h11-13,18H,7-10,14H2,1-6H3,(H,24,29). The van der Waals surface area contributed by atoms with Crippen LogP contribution in [0.3, 0.4) is 0 Å². The molecule has 0 spiro atoms. The smallest absolute Gasteiger partial charge is 0.324 e. The number of hydrogen-bond acceptors (Lipinski definition) is 3. The van der Waals surface area contributed by atoms with E-state index in [-0.39, 0.29) is 41.3 Å². The Morgan fingerprint density at radius 2 is 1.45 bits per heavy atom. The fourth-order valence-corrected chi connectivity index (χ4v) is 3.93. The summed E-state index contributed by atoms with van der Waals surface area (Å²) in [6.07, 6.45) is 1.24. The van der Waals surface area contributed by atoms with Crippen LogP contribution in [0.1, 0.15) is 75.9 Å². The number of hydrogen-bond donors (Lipinski definition) is 1. The van der Waals surface area contributed by atoms with Crippen LogP contribution in [0.25, 0.3) is 0 Å². The van der Waals surface area contributed by atoms with Gasteiger partial charge in [0.15, 0.2) is 0 Å². The molecule has 1 N–H and O–H groups in total. The molecule has 1 aromatic rings. The maximum atomic E-state index is 13.3. The molecule has 2 heterocycles. The van der Waals surface area contributed by atoms with Gasteiger partial charge in [-0.2, -0.15) is 0 Å². The summed E-state index contributed by atoms with van der Waals surface area (Å²) in [7, 11) is 0. The number of likely N-dealkylation sites (tertiary alicyclic amines) is 1. The van der Waals surface area contributed by atoms with Crippen LogP contribution in [0.2, 0.25) is 0 Å². The topological polar surface area (TPSA) is 69.7 Å². The van der Waals surface area contributed by atoms with Crippen molar-refractivity contribution in [3.05, 3.63) is 34.9 Å². The predicted molar refractivity (Wildman–Crippen MR) is 113 cm³/mol. The van der Waals surface area contributed by atoms with E-state index in [1.54, 1.807) is 0 Å². The third-order valence-electron chi connectivity index (χ3n) is 5.91. The molecule has 158 valence electrons. The Bertz CT molecular complexity index is 777. The number of nitrogens with one attached hydrogen (secondary N) is 1. The lowest BCUT2D eigenvalue weighted by molar-refractivity contribution is -0.127. The van der Waals surface area contributed by atoms with Crippen molar-refractivity contribution < 1.29 is 14.4 Å². The Morgan fingerprint density at radius 1 is 0.931 bits per heavy atom. The van der Waals surface area contributed by atoms with Gasteiger partial charge in [0.25, 0.3) is 5.91 Å². The van der Waals surface area contributed by atoms with Crippen molar-refractivity contribution in [2.24, 2.45) is 0 Å². The quantitative estimate of drug-likeness (QED) is 0.775. The van der Waals surface area contributed by atoms with Gasteiger partial charge < -0.3 is 10.2 Å². The minimum Gasteiger partial charge on any atom is -0.338 e. The highest BCUT2D eigenvalue weighted by Crippen LogP contribution is 2.31. The van der Waals surface area contributed by atoms with Gasteiger partial charge in [-0.1, -0.05) is 47.6 Å². The molecule has 0 saturated carbocycles. The van der Waals surface area contributed by atoms with Crippen LogP contribution in [-0.2, 0) is 15.6 Å². The summed E-state index contributed by atoms with van der Waals surface area (Å²) in [5, 5.41) is 2.57. The summed E-state index contributed by atoms with van der Waals surface area (Å²) >= 11 is 0. The van der Waals surface area contributed by atoms with E-state index in [0.717, 1.165) is 16.7 Å². The Kier molecular flexibility index (Phi) is 5.50. The number of imide groups is 1. The molecule has 2 aliphatic rings. The largest absolute Gasteiger partial charge is 0.338 e. The molecule has 29 heavy (non-hydrogen) atoms. The predicted octanol–water partition coefficient (Wildman–Crippen LogP) is 3.44. The van der Waals surface area contributed by atoms with Gasteiger partial charge >= 0.3 is 6.03 Å². The first-order valence-corrected chi connectivity index (χ1v) is 10.4. The third kappa shape index (κ3) is 4.46. The number of carbonyl (C=O) groups excluding carboxylic acids is 3. The van der Waals surface area contributed by atoms with E-state index in [9.17, 15) is 14.4 Å². The van der Waals surface area contributed by atoms with E-state index in [1.165, 1.54) is 4.90 Å². The van der Waals surface area contributed by atoms with Crippen molar-refractivity contribution in [3.63, 3.8) is 0 Å². The van der Waals surface area contributed by atoms with Crippen molar-refractivity contribution in [2.45, 2.75) is 71.3 Å². The van der Waals surface area contributed by atoms with Gasteiger partial charge in [-0.25, -0.2) is 4.79 Å². The summed E-state index contributed by atoms with van der Waals surface area (Å²) < 4.78 is 0. The molecule has 3 rings (SSSR count). The molecule has 0 atom stereocenters. The third-order valence-corrected chi connectivity index (χ3v) is 5.91. The summed E-state index contributed by atoms with van der Waals surface area (Å²) in [5.74, 6) is -0.148. The number of urea groups is 1. The first-order chi connectivity index (χ1) is 13.4. The number of piperidine rings is 1. The van der Waals surface area contributed by atoms with Crippen molar-refractivity contribution >= 4 is 17.8 Å². The zero-order chi connectivity index (χ0) is 21.6. The minimum atomic E-state index is -0.313. The maximum absolute atomic E-state index is 13.3. The van der Waals surface area contributed by atoms with Gasteiger partial charge in [-0.05, 0) is 46.9 Å². The Labute approximate surface area is 173 Å². The monoisotopic (exact) mass is 399 g/mol. The molecule has 2 aliphatic heterocycles. The second-order valence-electron chi connectivity index (χ2n) is 10.2. The molecule has 0 aromatic heterocycles. The van der Waals surface area contributed by atoms with Gasteiger partial charge in [0.05, 0.1) is 6.54 Å². The number of carbonyl (C=O) groups is 3. The highest BCUT2D eigenvalue weighted by molar-refractivity contribution is 6.02. The molecule has 6 heteroatoms. The van der Waals surface area contributed by atoms with Crippen LogP contribution in [0.15, 0.2) is 18.2 Å². The van der Waals surface area contributed by atoms with Gasteiger partial charge in [-0.15, -0.1) is 0 Å². The zero-order valence-electron chi connectivity index (χ0n) is 18.5. The molecular formula is C23H33N3O3. The van der Waals surface area contributed by atoms with E-state index in [4.69, 9.17) is 0 Å². The molecule has 2 fully saturated rings. The number of nitrogens with zero attached hydrogens (tertiary/aromatic N) is 2. The van der Waals surface area contributed by atoms with E-state index in [2.05, 4.69) is 52.9 Å². The minimum absolute atomic E-state index is 0.0252. The van der Waals surface area contributed by atoms with Crippen LogP contribution in [0, 0.1) is 0 Å². The van der Waals surface area contributed by atoms with Gasteiger partial charge in [0.2, 0.25) is 5.91 Å². The maximum Gasteiger partial charge on any atom is 0.324 e. The Morgan fingerprint density at radius 3 is 1.86 bits per heavy atom. The van der Waals surface area contributed by atoms with Gasteiger partial charge in [0.1, 0.15) is 0 Å². The zero-order valence-corrected chi connectivity index (χ0v) is 18.5. The van der Waals surface area contributed by atoms with Crippen LogP contribution < -0.4 is 5.32 Å². The summed E-state index contributed by atoms with van der Waals surface area (Å²) in [6, 6.07) is 5.80. The van der Waals surface area contributed by atoms with Crippen molar-refractivity contribution in [1.82, 2.24) is 15.1 Å². The molecule has 2 saturated heterocycles. The second kappa shape index (κ2) is 7.47. The average Bonchev–Trinajstić information content (AvgIpc) is 2.98. The Balaban J connectivity index is 1.79. The van der Waals surface area contributed by atoms with Crippen LogP contribution in [0.4, 0.5) is 4.79 Å². The molecule has 0 radical (unpaired) electrons. The lowest BCUT2D eigenvalue weighted by Gasteiger charge is -2.35. The van der Waals surface area contributed by atoms with Crippen LogP contribution in [0.5, 0.6) is 0 Å². The first kappa shape index (κ1) is 21.3. The van der Waals surface area contributed by atoms with Gasteiger partial charge in [0, 0.05) is 24.7 Å². The molecule has 0 aliphatic carbocycles. The molecule has 1 aromatic carbocycles. The lowest BCUT2D eigenvalue weighted by Crippen LogP contribution is -2.49.